The third-order valence-electron chi connectivity index (χ3n) is 1.68. The molecule has 0 heterocycles. The number of rotatable bonds is 4. The highest BCUT2D eigenvalue weighted by Gasteiger charge is 1.99. The van der Waals surface area contributed by atoms with Gasteiger partial charge in [-0.05, 0) is 18.2 Å². The van der Waals surface area contributed by atoms with E-state index in [1.165, 1.54) is 0 Å². The smallest absolute Gasteiger partial charge is 0.126 e. The summed E-state index contributed by atoms with van der Waals surface area (Å²) >= 11 is 5.84. The number of methoxy groups -OCH3 is 1. The largest absolute Gasteiger partial charge is 0.496 e. The monoisotopic (exact) mass is 213 g/mol. The van der Waals surface area contributed by atoms with Crippen LogP contribution >= 0.6 is 11.6 Å². The number of hydrogen-bond acceptors (Lipinski definition) is 3. The summed E-state index contributed by atoms with van der Waals surface area (Å²) in [6.45, 7) is 0.357. The van der Waals surface area contributed by atoms with E-state index in [0.29, 0.717) is 11.6 Å². The molecule has 0 saturated heterocycles. The number of hydrogen-bond donors (Lipinski definition) is 1. The van der Waals surface area contributed by atoms with Crippen LogP contribution in [0.2, 0.25) is 5.02 Å². The minimum atomic E-state index is 0.357. The predicted molar refractivity (Wildman–Crippen MR) is 57.2 cm³/mol. The molecule has 0 aliphatic carbocycles. The quantitative estimate of drug-likeness (QED) is 0.781. The van der Waals surface area contributed by atoms with Crippen molar-refractivity contribution in [2.45, 2.75) is 0 Å². The Morgan fingerprint density at radius 2 is 2.29 bits per heavy atom. The average Bonchev–Trinajstić information content (AvgIpc) is 2.19. The van der Waals surface area contributed by atoms with Crippen molar-refractivity contribution in [2.24, 2.45) is 5.90 Å². The molecule has 0 spiro atoms. The second-order valence-electron chi connectivity index (χ2n) is 2.62. The topological polar surface area (TPSA) is 44.5 Å². The maximum absolute atomic E-state index is 5.84. The van der Waals surface area contributed by atoms with Crippen molar-refractivity contribution < 1.29 is 9.57 Å². The van der Waals surface area contributed by atoms with E-state index < -0.39 is 0 Å². The van der Waals surface area contributed by atoms with E-state index in [-0.39, 0.29) is 0 Å². The molecule has 0 amide bonds. The van der Waals surface area contributed by atoms with Crippen LogP contribution < -0.4 is 10.6 Å². The van der Waals surface area contributed by atoms with Gasteiger partial charge in [-0.15, -0.1) is 0 Å². The van der Waals surface area contributed by atoms with Crippen LogP contribution in [0, 0.1) is 0 Å². The van der Waals surface area contributed by atoms with Gasteiger partial charge in [0.2, 0.25) is 0 Å². The van der Waals surface area contributed by atoms with E-state index in [1.54, 1.807) is 19.3 Å². The molecule has 0 atom stereocenters. The van der Waals surface area contributed by atoms with E-state index in [9.17, 15) is 0 Å². The first-order valence-corrected chi connectivity index (χ1v) is 4.47. The first-order valence-electron chi connectivity index (χ1n) is 4.09. The number of benzene rings is 1. The van der Waals surface area contributed by atoms with E-state index in [4.69, 9.17) is 22.2 Å². The fourth-order valence-electron chi connectivity index (χ4n) is 1.07. The van der Waals surface area contributed by atoms with Gasteiger partial charge in [-0.25, -0.2) is 5.90 Å². The second kappa shape index (κ2) is 5.65. The molecular formula is C10H12ClNO2. The zero-order valence-electron chi connectivity index (χ0n) is 7.87. The Morgan fingerprint density at radius 1 is 1.50 bits per heavy atom. The van der Waals surface area contributed by atoms with Crippen molar-refractivity contribution in [1.82, 2.24) is 0 Å². The summed E-state index contributed by atoms with van der Waals surface area (Å²) in [5.74, 6) is 5.65. The van der Waals surface area contributed by atoms with Gasteiger partial charge in [-0.1, -0.05) is 23.8 Å². The van der Waals surface area contributed by atoms with Gasteiger partial charge in [0.25, 0.3) is 0 Å². The lowest BCUT2D eigenvalue weighted by molar-refractivity contribution is 0.168. The van der Waals surface area contributed by atoms with Crippen LogP contribution in [-0.2, 0) is 4.84 Å². The maximum atomic E-state index is 5.84. The molecule has 0 aliphatic rings. The molecule has 0 saturated carbocycles. The highest BCUT2D eigenvalue weighted by atomic mass is 35.5. The lowest BCUT2D eigenvalue weighted by atomic mass is 10.2. The molecule has 2 N–H and O–H groups in total. The Hall–Kier alpha value is -1.03. The lowest BCUT2D eigenvalue weighted by Crippen LogP contribution is -1.97. The molecule has 14 heavy (non-hydrogen) atoms. The highest BCUT2D eigenvalue weighted by molar-refractivity contribution is 6.30. The third-order valence-corrected chi connectivity index (χ3v) is 1.92. The van der Waals surface area contributed by atoms with Crippen molar-refractivity contribution in [3.63, 3.8) is 0 Å². The van der Waals surface area contributed by atoms with Crippen molar-refractivity contribution in [1.29, 1.82) is 0 Å². The molecule has 0 radical (unpaired) electrons. The molecule has 1 rings (SSSR count). The molecule has 0 aromatic heterocycles. The molecule has 3 nitrogen and oxygen atoms in total. The van der Waals surface area contributed by atoms with Gasteiger partial charge in [0.1, 0.15) is 5.75 Å². The van der Waals surface area contributed by atoms with Crippen molar-refractivity contribution >= 4 is 17.7 Å². The zero-order valence-corrected chi connectivity index (χ0v) is 8.62. The summed E-state index contributed by atoms with van der Waals surface area (Å²) in [7, 11) is 1.61. The Labute approximate surface area is 88.0 Å². The van der Waals surface area contributed by atoms with Gasteiger partial charge >= 0.3 is 0 Å². The number of halogens is 1. The second-order valence-corrected chi connectivity index (χ2v) is 3.06. The molecule has 1 aromatic rings. The standard InChI is InChI=1S/C10H12ClNO2/c1-13-10-5-4-9(11)7-8(10)3-2-6-14-12/h2-5,7H,6,12H2,1H3. The SMILES string of the molecule is COc1ccc(Cl)cc1C=CCON. The summed E-state index contributed by atoms with van der Waals surface area (Å²) < 4.78 is 5.15. The Balaban J connectivity index is 2.87. The number of nitrogens with two attached hydrogens (primary N) is 1. The van der Waals surface area contributed by atoms with Crippen LogP contribution in [0.1, 0.15) is 5.56 Å². The fraction of sp³-hybridized carbons (Fsp3) is 0.200. The molecule has 76 valence electrons. The van der Waals surface area contributed by atoms with Gasteiger partial charge in [-0.2, -0.15) is 0 Å². The molecule has 4 heteroatoms. The molecule has 1 aromatic carbocycles. The summed E-state index contributed by atoms with van der Waals surface area (Å²) in [6.07, 6.45) is 3.63. The highest BCUT2D eigenvalue weighted by Crippen LogP contribution is 2.23. The van der Waals surface area contributed by atoms with Gasteiger partial charge in [-0.3, -0.25) is 0 Å². The van der Waals surface area contributed by atoms with Gasteiger partial charge in [0.15, 0.2) is 0 Å². The molecule has 0 unspecified atom stereocenters. The third kappa shape index (κ3) is 3.03. The van der Waals surface area contributed by atoms with Crippen LogP contribution in [0.5, 0.6) is 5.75 Å². The van der Waals surface area contributed by atoms with Crippen LogP contribution in [-0.4, -0.2) is 13.7 Å². The Bertz CT molecular complexity index is 326. The summed E-state index contributed by atoms with van der Waals surface area (Å²) in [4.78, 5) is 4.41. The summed E-state index contributed by atoms with van der Waals surface area (Å²) in [5.41, 5.74) is 0.900. The fourth-order valence-corrected chi connectivity index (χ4v) is 1.25. The van der Waals surface area contributed by atoms with Crippen molar-refractivity contribution in [3.05, 3.63) is 34.9 Å². The van der Waals surface area contributed by atoms with Gasteiger partial charge in [0, 0.05) is 10.6 Å². The van der Waals surface area contributed by atoms with Crippen LogP contribution in [0.4, 0.5) is 0 Å². The Kier molecular flexibility index (Phi) is 4.46. The van der Waals surface area contributed by atoms with Crippen LogP contribution in [0.3, 0.4) is 0 Å². The number of ether oxygens (including phenoxy) is 1. The minimum Gasteiger partial charge on any atom is -0.496 e. The molecular weight excluding hydrogens is 202 g/mol. The minimum absolute atomic E-state index is 0.357. The first-order chi connectivity index (χ1) is 6.77. The molecule has 0 bridgehead atoms. The Morgan fingerprint density at radius 3 is 2.93 bits per heavy atom. The molecule has 0 aliphatic heterocycles. The summed E-state index contributed by atoms with van der Waals surface area (Å²) in [6, 6.07) is 5.40. The lowest BCUT2D eigenvalue weighted by Gasteiger charge is -2.04. The zero-order chi connectivity index (χ0) is 10.4. The maximum Gasteiger partial charge on any atom is 0.126 e. The molecule has 0 fully saturated rings. The van der Waals surface area contributed by atoms with Crippen molar-refractivity contribution in [2.75, 3.05) is 13.7 Å². The van der Waals surface area contributed by atoms with E-state index in [1.807, 2.05) is 18.2 Å². The van der Waals surface area contributed by atoms with Crippen LogP contribution in [0.25, 0.3) is 6.08 Å². The predicted octanol–water partition coefficient (Wildman–Crippen LogP) is 2.25. The first kappa shape index (κ1) is 11.0. The van der Waals surface area contributed by atoms with E-state index in [2.05, 4.69) is 4.84 Å². The van der Waals surface area contributed by atoms with Gasteiger partial charge < -0.3 is 9.57 Å². The van der Waals surface area contributed by atoms with Crippen LogP contribution in [0.15, 0.2) is 24.3 Å². The van der Waals surface area contributed by atoms with E-state index in [0.717, 1.165) is 11.3 Å². The summed E-state index contributed by atoms with van der Waals surface area (Å²) in [5, 5.41) is 0.666. The van der Waals surface area contributed by atoms with Gasteiger partial charge in [0.05, 0.1) is 13.7 Å². The van der Waals surface area contributed by atoms with Crippen molar-refractivity contribution in [3.8, 4) is 5.75 Å². The average molecular weight is 214 g/mol. The van der Waals surface area contributed by atoms with E-state index >= 15 is 0 Å². The normalized spacial score (nSPS) is 10.8.